The van der Waals surface area contributed by atoms with Gasteiger partial charge in [0.05, 0.1) is 10.6 Å². The maximum atomic E-state index is 13.2. The van der Waals surface area contributed by atoms with Gasteiger partial charge in [-0.1, -0.05) is 36.8 Å². The number of carbonyl (C=O) groups excluding carboxylic acids is 2. The Hall–Kier alpha value is -2.36. The first-order valence-corrected chi connectivity index (χ1v) is 13.6. The van der Waals surface area contributed by atoms with Gasteiger partial charge >= 0.3 is 0 Å². The fourth-order valence-electron chi connectivity index (χ4n) is 4.14. The molecule has 4 rings (SSSR count). The van der Waals surface area contributed by atoms with Crippen molar-refractivity contribution in [2.75, 3.05) is 37.3 Å². The second-order valence-electron chi connectivity index (χ2n) is 8.41. The van der Waals surface area contributed by atoms with Crippen LogP contribution in [0.4, 0.5) is 5.69 Å². The average Bonchev–Trinajstić information content (AvgIpc) is 2.98. The molecule has 176 valence electrons. The molecule has 0 atom stereocenters. The van der Waals surface area contributed by atoms with E-state index in [0.717, 1.165) is 29.7 Å². The molecule has 1 fully saturated rings. The summed E-state index contributed by atoms with van der Waals surface area (Å²) in [5.41, 5.74) is 1.50. The van der Waals surface area contributed by atoms with Crippen molar-refractivity contribution < 1.29 is 18.0 Å². The van der Waals surface area contributed by atoms with Crippen molar-refractivity contribution in [3.8, 4) is 0 Å². The molecule has 0 radical (unpaired) electrons. The van der Waals surface area contributed by atoms with E-state index >= 15 is 0 Å². The van der Waals surface area contributed by atoms with E-state index in [0.29, 0.717) is 37.5 Å². The van der Waals surface area contributed by atoms with Gasteiger partial charge < -0.3 is 9.80 Å². The minimum absolute atomic E-state index is 0.122. The Bertz CT molecular complexity index is 1120. The largest absolute Gasteiger partial charge is 0.340 e. The molecule has 9 heteroatoms. The standard InChI is InChI=1S/C24H29N3O4S2/c1-25(17-19-8-4-2-5-9-19)24(29)18-27-21-16-20(10-11-22(21)32-15-12-23(27)28)33(30,31)26-13-6-3-7-14-26/h2,4-5,8-11,16H,3,6-7,12-15,17-18H2,1H3. The number of anilines is 1. The van der Waals surface area contributed by atoms with Gasteiger partial charge in [-0.05, 0) is 36.6 Å². The van der Waals surface area contributed by atoms with Crippen molar-refractivity contribution in [3.05, 3.63) is 54.1 Å². The van der Waals surface area contributed by atoms with E-state index in [1.54, 1.807) is 30.1 Å². The van der Waals surface area contributed by atoms with Crippen molar-refractivity contribution >= 4 is 39.3 Å². The van der Waals surface area contributed by atoms with Gasteiger partial charge in [-0.15, -0.1) is 11.8 Å². The van der Waals surface area contributed by atoms with Gasteiger partial charge in [0, 0.05) is 43.8 Å². The Morgan fingerprint density at radius 3 is 2.52 bits per heavy atom. The second kappa shape index (κ2) is 10.3. The molecule has 0 aliphatic carbocycles. The lowest BCUT2D eigenvalue weighted by Crippen LogP contribution is -2.41. The Morgan fingerprint density at radius 1 is 1.06 bits per heavy atom. The third-order valence-corrected chi connectivity index (χ3v) is 8.99. The summed E-state index contributed by atoms with van der Waals surface area (Å²) in [7, 11) is -1.93. The van der Waals surface area contributed by atoms with Gasteiger partial charge in [0.15, 0.2) is 0 Å². The first-order valence-electron chi connectivity index (χ1n) is 11.2. The smallest absolute Gasteiger partial charge is 0.243 e. The Kier molecular flexibility index (Phi) is 7.41. The van der Waals surface area contributed by atoms with Crippen LogP contribution >= 0.6 is 11.8 Å². The van der Waals surface area contributed by atoms with Gasteiger partial charge in [0.2, 0.25) is 21.8 Å². The monoisotopic (exact) mass is 487 g/mol. The molecule has 2 aromatic carbocycles. The van der Waals surface area contributed by atoms with Crippen LogP contribution in [0.15, 0.2) is 58.3 Å². The molecule has 2 aliphatic heterocycles. The van der Waals surface area contributed by atoms with Gasteiger partial charge in [0.1, 0.15) is 6.54 Å². The van der Waals surface area contributed by atoms with E-state index in [2.05, 4.69) is 0 Å². The zero-order valence-corrected chi connectivity index (χ0v) is 20.4. The van der Waals surface area contributed by atoms with Crippen LogP contribution in [0.25, 0.3) is 0 Å². The topological polar surface area (TPSA) is 78.0 Å². The molecule has 0 spiro atoms. The summed E-state index contributed by atoms with van der Waals surface area (Å²) in [5, 5.41) is 0. The molecule has 2 aromatic rings. The van der Waals surface area contributed by atoms with Crippen molar-refractivity contribution in [3.63, 3.8) is 0 Å². The number of amides is 2. The average molecular weight is 488 g/mol. The number of piperidine rings is 1. The normalized spacial score (nSPS) is 17.4. The Balaban J connectivity index is 1.59. The lowest BCUT2D eigenvalue weighted by Gasteiger charge is -2.28. The highest BCUT2D eigenvalue weighted by Gasteiger charge is 2.30. The number of thioether (sulfide) groups is 1. The molecule has 1 saturated heterocycles. The van der Waals surface area contributed by atoms with Crippen LogP contribution in [0.5, 0.6) is 0 Å². The summed E-state index contributed by atoms with van der Waals surface area (Å²) in [4.78, 5) is 30.0. The number of hydrogen-bond acceptors (Lipinski definition) is 5. The molecule has 0 unspecified atom stereocenters. The molecule has 7 nitrogen and oxygen atoms in total. The number of sulfonamides is 1. The molecule has 2 heterocycles. The molecule has 2 amide bonds. The third-order valence-electron chi connectivity index (χ3n) is 6.03. The molecular formula is C24H29N3O4S2. The first kappa shape index (κ1) is 23.8. The lowest BCUT2D eigenvalue weighted by molar-refractivity contribution is -0.130. The predicted molar refractivity (Wildman–Crippen MR) is 130 cm³/mol. The van der Waals surface area contributed by atoms with Crippen LogP contribution in [-0.4, -0.2) is 61.9 Å². The summed E-state index contributed by atoms with van der Waals surface area (Å²) in [6, 6.07) is 14.6. The number of rotatable bonds is 6. The number of fused-ring (bicyclic) bond motifs is 1. The zero-order chi connectivity index (χ0) is 23.4. The van der Waals surface area contributed by atoms with Crippen LogP contribution in [0.3, 0.4) is 0 Å². The van der Waals surface area contributed by atoms with E-state index in [-0.39, 0.29) is 23.3 Å². The maximum absolute atomic E-state index is 13.2. The summed E-state index contributed by atoms with van der Waals surface area (Å²) in [6.07, 6.45) is 3.04. The van der Waals surface area contributed by atoms with Crippen molar-refractivity contribution in [2.24, 2.45) is 0 Å². The van der Waals surface area contributed by atoms with Gasteiger partial charge in [-0.2, -0.15) is 4.31 Å². The number of likely N-dealkylation sites (N-methyl/N-ethyl adjacent to an activating group) is 1. The highest BCUT2D eigenvalue weighted by Crippen LogP contribution is 2.37. The minimum Gasteiger partial charge on any atom is -0.340 e. The second-order valence-corrected chi connectivity index (χ2v) is 11.5. The number of nitrogens with zero attached hydrogens (tertiary/aromatic N) is 3. The van der Waals surface area contributed by atoms with Crippen LogP contribution < -0.4 is 4.90 Å². The summed E-state index contributed by atoms with van der Waals surface area (Å²) in [6.45, 7) is 1.34. The van der Waals surface area contributed by atoms with Crippen LogP contribution in [0.1, 0.15) is 31.2 Å². The van der Waals surface area contributed by atoms with E-state index in [9.17, 15) is 18.0 Å². The van der Waals surface area contributed by atoms with Crippen LogP contribution in [0.2, 0.25) is 0 Å². The molecule has 0 saturated carbocycles. The molecule has 0 bridgehead atoms. The van der Waals surface area contributed by atoms with E-state index in [1.165, 1.54) is 21.0 Å². The summed E-state index contributed by atoms with van der Waals surface area (Å²) in [5.74, 6) is 0.221. The predicted octanol–water partition coefficient (Wildman–Crippen LogP) is 3.35. The van der Waals surface area contributed by atoms with Gasteiger partial charge in [0.25, 0.3) is 0 Å². The summed E-state index contributed by atoms with van der Waals surface area (Å²) < 4.78 is 28.0. The SMILES string of the molecule is CN(Cc1ccccc1)C(=O)CN1C(=O)CCSc2ccc(S(=O)(=O)N3CCCCC3)cc21. The van der Waals surface area contributed by atoms with E-state index in [1.807, 2.05) is 30.3 Å². The Labute approximate surface area is 199 Å². The van der Waals surface area contributed by atoms with Crippen LogP contribution in [-0.2, 0) is 26.2 Å². The number of carbonyl (C=O) groups is 2. The molecular weight excluding hydrogens is 458 g/mol. The molecule has 2 aliphatic rings. The molecule has 0 aromatic heterocycles. The van der Waals surface area contributed by atoms with Gasteiger partial charge in [-0.25, -0.2) is 8.42 Å². The first-order chi connectivity index (χ1) is 15.9. The maximum Gasteiger partial charge on any atom is 0.243 e. The van der Waals surface area contributed by atoms with Crippen molar-refractivity contribution in [1.29, 1.82) is 0 Å². The number of hydrogen-bond donors (Lipinski definition) is 0. The fourth-order valence-corrected chi connectivity index (χ4v) is 6.65. The molecule has 0 N–H and O–H groups in total. The van der Waals surface area contributed by atoms with Crippen molar-refractivity contribution in [1.82, 2.24) is 9.21 Å². The highest BCUT2D eigenvalue weighted by molar-refractivity contribution is 7.99. The van der Waals surface area contributed by atoms with Crippen LogP contribution in [0, 0.1) is 0 Å². The Morgan fingerprint density at radius 2 is 1.79 bits per heavy atom. The lowest BCUT2D eigenvalue weighted by atomic mass is 10.2. The van der Waals surface area contributed by atoms with E-state index in [4.69, 9.17) is 0 Å². The van der Waals surface area contributed by atoms with E-state index < -0.39 is 10.0 Å². The minimum atomic E-state index is -3.64. The fraction of sp³-hybridized carbons (Fsp3) is 0.417. The third kappa shape index (κ3) is 5.42. The molecule has 33 heavy (non-hydrogen) atoms. The number of benzene rings is 2. The quantitative estimate of drug-likeness (QED) is 0.625. The highest BCUT2D eigenvalue weighted by atomic mass is 32.2. The summed E-state index contributed by atoms with van der Waals surface area (Å²) >= 11 is 1.51. The van der Waals surface area contributed by atoms with Crippen molar-refractivity contribution in [2.45, 2.75) is 42.0 Å². The zero-order valence-electron chi connectivity index (χ0n) is 18.8. The van der Waals surface area contributed by atoms with Gasteiger partial charge in [-0.3, -0.25) is 9.59 Å².